The molecular weight excluding hydrogens is 368 g/mol. The molecule has 4 nitrogen and oxygen atoms in total. The lowest BCUT2D eigenvalue weighted by Crippen LogP contribution is -2.46. The molecule has 0 radical (unpaired) electrons. The highest BCUT2D eigenvalue weighted by atomic mass is 15.3. The maximum Gasteiger partial charge on any atom is 0.151 e. The minimum absolute atomic E-state index is 0.977. The topological polar surface area (TPSA) is 32.3 Å². The number of benzene rings is 3. The Morgan fingerprint density at radius 2 is 1.00 bits per heavy atom. The molecule has 0 amide bonds. The van der Waals surface area contributed by atoms with Crippen molar-refractivity contribution in [3.63, 3.8) is 0 Å². The molecule has 4 heteroatoms. The smallest absolute Gasteiger partial charge is 0.151 e. The highest BCUT2D eigenvalue weighted by Gasteiger charge is 2.17. The fraction of sp³-hybridized carbons (Fsp3) is 0.154. The van der Waals surface area contributed by atoms with Gasteiger partial charge in [-0.3, -0.25) is 0 Å². The first kappa shape index (κ1) is 19.6. The summed E-state index contributed by atoms with van der Waals surface area (Å²) in [4.78, 5) is 4.69. The molecule has 0 bridgehead atoms. The van der Waals surface area contributed by atoms with E-state index in [1.165, 1.54) is 16.8 Å². The third-order valence-electron chi connectivity index (χ3n) is 5.16. The van der Waals surface area contributed by atoms with Crippen molar-refractivity contribution in [2.75, 3.05) is 36.0 Å². The van der Waals surface area contributed by atoms with Crippen LogP contribution in [0.4, 0.5) is 11.5 Å². The average Bonchev–Trinajstić information content (AvgIpc) is 2.87. The molecule has 1 saturated heterocycles. The summed E-state index contributed by atoms with van der Waals surface area (Å²) in [5.41, 5.74) is 3.85. The Morgan fingerprint density at radius 1 is 0.500 bits per heavy atom. The maximum atomic E-state index is 4.16. The third-order valence-corrected chi connectivity index (χ3v) is 5.16. The lowest BCUT2D eigenvalue weighted by Gasteiger charge is -2.36. The molecule has 3 aromatic carbocycles. The largest absolute Gasteiger partial charge is 0.368 e. The molecule has 2 heterocycles. The number of hydrogen-bond donors (Lipinski definition) is 0. The quantitative estimate of drug-likeness (QED) is 0.481. The molecule has 1 aliphatic rings. The van der Waals surface area contributed by atoms with Gasteiger partial charge in [0.05, 0.1) is 0 Å². The fourth-order valence-corrected chi connectivity index (χ4v) is 3.56. The zero-order valence-electron chi connectivity index (χ0n) is 17.0. The number of rotatable bonds is 3. The molecule has 1 fully saturated rings. The third kappa shape index (κ3) is 5.23. The van der Waals surface area contributed by atoms with Crippen molar-refractivity contribution >= 4 is 11.5 Å². The summed E-state index contributed by atoms with van der Waals surface area (Å²) in [5.74, 6) is 0.977. The van der Waals surface area contributed by atoms with E-state index in [1.54, 1.807) is 6.20 Å². The number of nitrogens with zero attached hydrogens (tertiary/aromatic N) is 4. The van der Waals surface area contributed by atoms with Crippen LogP contribution in [0, 0.1) is 0 Å². The molecule has 30 heavy (non-hydrogen) atoms. The predicted molar refractivity (Wildman–Crippen MR) is 125 cm³/mol. The summed E-state index contributed by atoms with van der Waals surface area (Å²) in [7, 11) is 0. The molecule has 0 unspecified atom stereocenters. The van der Waals surface area contributed by atoms with Gasteiger partial charge in [-0.25, -0.2) is 0 Å². The number of aromatic nitrogens is 2. The second kappa shape index (κ2) is 10.2. The molecule has 1 aliphatic heterocycles. The number of piperazine rings is 1. The number of anilines is 2. The number of para-hydroxylation sites is 1. The molecule has 1 aromatic heterocycles. The van der Waals surface area contributed by atoms with E-state index in [0.29, 0.717) is 0 Å². The van der Waals surface area contributed by atoms with Gasteiger partial charge in [-0.15, -0.1) is 5.10 Å². The van der Waals surface area contributed by atoms with E-state index in [1.807, 2.05) is 24.3 Å². The first-order chi connectivity index (χ1) is 14.9. The van der Waals surface area contributed by atoms with E-state index in [0.717, 1.165) is 32.0 Å². The van der Waals surface area contributed by atoms with Gasteiger partial charge in [-0.2, -0.15) is 5.10 Å². The van der Waals surface area contributed by atoms with E-state index in [9.17, 15) is 0 Å². The van der Waals surface area contributed by atoms with Crippen molar-refractivity contribution in [2.24, 2.45) is 0 Å². The normalized spacial score (nSPS) is 13.3. The summed E-state index contributed by atoms with van der Waals surface area (Å²) in [6, 6.07) is 35.3. The van der Waals surface area contributed by atoms with Crippen LogP contribution >= 0.6 is 0 Å². The Balaban J connectivity index is 0.000000158. The molecule has 0 spiro atoms. The van der Waals surface area contributed by atoms with E-state index in [4.69, 9.17) is 0 Å². The second-order valence-electron chi connectivity index (χ2n) is 7.12. The van der Waals surface area contributed by atoms with Gasteiger partial charge in [0.1, 0.15) is 0 Å². The van der Waals surface area contributed by atoms with Crippen LogP contribution in [0.2, 0.25) is 0 Å². The van der Waals surface area contributed by atoms with Gasteiger partial charge < -0.3 is 9.80 Å². The van der Waals surface area contributed by atoms with Gasteiger partial charge in [-0.05, 0) is 35.4 Å². The van der Waals surface area contributed by atoms with E-state index < -0.39 is 0 Å². The first-order valence-electron chi connectivity index (χ1n) is 10.3. The summed E-state index contributed by atoms with van der Waals surface area (Å²) in [5, 5.41) is 8.09. The minimum atomic E-state index is 0.977. The molecular formula is C26H26N4. The van der Waals surface area contributed by atoms with Crippen molar-refractivity contribution in [1.29, 1.82) is 0 Å². The van der Waals surface area contributed by atoms with Crippen molar-refractivity contribution in [3.8, 4) is 11.1 Å². The second-order valence-corrected chi connectivity index (χ2v) is 7.12. The van der Waals surface area contributed by atoms with Crippen LogP contribution in [-0.4, -0.2) is 36.4 Å². The average molecular weight is 395 g/mol. The Bertz CT molecular complexity index is 899. The predicted octanol–water partition coefficient (Wildman–Crippen LogP) is 5.16. The highest BCUT2D eigenvalue weighted by Crippen LogP contribution is 2.18. The Kier molecular flexibility index (Phi) is 6.69. The van der Waals surface area contributed by atoms with E-state index in [-0.39, 0.29) is 0 Å². The first-order valence-corrected chi connectivity index (χ1v) is 10.3. The van der Waals surface area contributed by atoms with Crippen molar-refractivity contribution in [2.45, 2.75) is 0 Å². The Labute approximate surface area is 178 Å². The lowest BCUT2D eigenvalue weighted by atomic mass is 10.1. The molecule has 150 valence electrons. The zero-order chi connectivity index (χ0) is 20.4. The highest BCUT2D eigenvalue weighted by molar-refractivity contribution is 5.62. The van der Waals surface area contributed by atoms with Crippen LogP contribution in [-0.2, 0) is 0 Å². The SMILES string of the molecule is c1ccc(-c2ccccc2)cc1.c1ccc(N2CCN(c3cccnn3)CC2)cc1. The molecule has 0 N–H and O–H groups in total. The van der Waals surface area contributed by atoms with Gasteiger partial charge in [0.25, 0.3) is 0 Å². The van der Waals surface area contributed by atoms with Gasteiger partial charge in [0.15, 0.2) is 5.82 Å². The summed E-state index contributed by atoms with van der Waals surface area (Å²) in [6.45, 7) is 4.04. The summed E-state index contributed by atoms with van der Waals surface area (Å²) >= 11 is 0. The van der Waals surface area contributed by atoms with Gasteiger partial charge in [-0.1, -0.05) is 78.9 Å². The van der Waals surface area contributed by atoms with Gasteiger partial charge >= 0.3 is 0 Å². The summed E-state index contributed by atoms with van der Waals surface area (Å²) in [6.07, 6.45) is 1.71. The minimum Gasteiger partial charge on any atom is -0.368 e. The standard InChI is InChI=1S/C14H16N4.C12H10/c1-2-5-13(6-3-1)17-9-11-18(12-10-17)14-7-4-8-15-16-14;1-3-7-11(8-4-1)12-9-5-2-6-10-12/h1-8H,9-12H2;1-10H. The van der Waals surface area contributed by atoms with Crippen molar-refractivity contribution in [1.82, 2.24) is 10.2 Å². The molecule has 0 atom stereocenters. The van der Waals surface area contributed by atoms with Gasteiger partial charge in [0.2, 0.25) is 0 Å². The van der Waals surface area contributed by atoms with Crippen molar-refractivity contribution in [3.05, 3.63) is 109 Å². The van der Waals surface area contributed by atoms with Crippen LogP contribution in [0.15, 0.2) is 109 Å². The van der Waals surface area contributed by atoms with E-state index >= 15 is 0 Å². The van der Waals surface area contributed by atoms with Crippen LogP contribution < -0.4 is 9.80 Å². The Morgan fingerprint density at radius 3 is 1.50 bits per heavy atom. The van der Waals surface area contributed by atoms with Crippen LogP contribution in [0.3, 0.4) is 0 Å². The molecule has 0 saturated carbocycles. The molecule has 4 aromatic rings. The monoisotopic (exact) mass is 394 g/mol. The zero-order valence-corrected chi connectivity index (χ0v) is 17.0. The van der Waals surface area contributed by atoms with Gasteiger partial charge in [0, 0.05) is 38.1 Å². The van der Waals surface area contributed by atoms with E-state index in [2.05, 4.69) is 98.9 Å². The molecule has 0 aliphatic carbocycles. The Hall–Kier alpha value is -3.66. The fourth-order valence-electron chi connectivity index (χ4n) is 3.56. The van der Waals surface area contributed by atoms with Crippen molar-refractivity contribution < 1.29 is 0 Å². The molecule has 5 rings (SSSR count). The number of hydrogen-bond acceptors (Lipinski definition) is 4. The van der Waals surface area contributed by atoms with Crippen LogP contribution in [0.1, 0.15) is 0 Å². The summed E-state index contributed by atoms with van der Waals surface area (Å²) < 4.78 is 0. The van der Waals surface area contributed by atoms with Crippen LogP contribution in [0.5, 0.6) is 0 Å². The van der Waals surface area contributed by atoms with Crippen LogP contribution in [0.25, 0.3) is 11.1 Å². The lowest BCUT2D eigenvalue weighted by molar-refractivity contribution is 0.643. The maximum absolute atomic E-state index is 4.16.